The molecule has 0 fully saturated rings. The van der Waals surface area contributed by atoms with Gasteiger partial charge in [0.2, 0.25) is 0 Å². The number of hydrogen-bond acceptors (Lipinski definition) is 0. The number of rotatable bonds is 3. The van der Waals surface area contributed by atoms with Crippen LogP contribution in [0.1, 0.15) is 25.0 Å². The SMILES string of the molecule is CC(C)Cc1ccc(CCl)cc1. The van der Waals surface area contributed by atoms with E-state index in [1.54, 1.807) is 0 Å². The van der Waals surface area contributed by atoms with Crippen molar-refractivity contribution in [2.24, 2.45) is 5.92 Å². The van der Waals surface area contributed by atoms with Crippen LogP contribution in [-0.2, 0) is 12.3 Å². The second-order valence-corrected chi connectivity index (χ2v) is 3.82. The van der Waals surface area contributed by atoms with Crippen molar-refractivity contribution in [2.45, 2.75) is 26.1 Å². The van der Waals surface area contributed by atoms with Gasteiger partial charge < -0.3 is 0 Å². The Balaban J connectivity index is 2.65. The third-order valence-electron chi connectivity index (χ3n) is 1.82. The Labute approximate surface area is 79.6 Å². The van der Waals surface area contributed by atoms with Crippen LogP contribution in [0.15, 0.2) is 24.3 Å². The molecule has 1 aromatic carbocycles. The van der Waals surface area contributed by atoms with Crippen molar-refractivity contribution in [2.75, 3.05) is 0 Å². The van der Waals surface area contributed by atoms with Crippen LogP contribution < -0.4 is 0 Å². The first-order chi connectivity index (χ1) is 5.72. The fourth-order valence-corrected chi connectivity index (χ4v) is 1.41. The highest BCUT2D eigenvalue weighted by atomic mass is 35.5. The summed E-state index contributed by atoms with van der Waals surface area (Å²) in [5.41, 5.74) is 2.60. The lowest BCUT2D eigenvalue weighted by Crippen LogP contribution is -1.93. The predicted molar refractivity (Wildman–Crippen MR) is 54.5 cm³/mol. The Bertz CT molecular complexity index is 223. The van der Waals surface area contributed by atoms with E-state index in [0.717, 1.165) is 12.3 Å². The van der Waals surface area contributed by atoms with E-state index in [-0.39, 0.29) is 0 Å². The molecule has 0 amide bonds. The van der Waals surface area contributed by atoms with Crippen LogP contribution in [-0.4, -0.2) is 0 Å². The third kappa shape index (κ3) is 2.86. The molecule has 0 heterocycles. The van der Waals surface area contributed by atoms with E-state index in [4.69, 9.17) is 11.6 Å². The molecule has 66 valence electrons. The fourth-order valence-electron chi connectivity index (χ4n) is 1.24. The van der Waals surface area contributed by atoms with Gasteiger partial charge in [-0.15, -0.1) is 11.6 Å². The molecule has 0 radical (unpaired) electrons. The zero-order valence-corrected chi connectivity index (χ0v) is 8.43. The topological polar surface area (TPSA) is 0 Å². The lowest BCUT2D eigenvalue weighted by Gasteiger charge is -2.04. The van der Waals surface area contributed by atoms with E-state index in [2.05, 4.69) is 38.1 Å². The van der Waals surface area contributed by atoms with Gasteiger partial charge >= 0.3 is 0 Å². The van der Waals surface area contributed by atoms with Crippen LogP contribution in [0.2, 0.25) is 0 Å². The number of hydrogen-bond donors (Lipinski definition) is 0. The lowest BCUT2D eigenvalue weighted by atomic mass is 10.0. The Morgan fingerprint density at radius 1 is 1.08 bits per heavy atom. The van der Waals surface area contributed by atoms with Crippen LogP contribution >= 0.6 is 11.6 Å². The quantitative estimate of drug-likeness (QED) is 0.627. The van der Waals surface area contributed by atoms with Gasteiger partial charge in [-0.05, 0) is 23.5 Å². The molecule has 0 aromatic heterocycles. The molecule has 0 unspecified atom stereocenters. The Kier molecular flexibility index (Phi) is 3.61. The van der Waals surface area contributed by atoms with Crippen LogP contribution in [0.25, 0.3) is 0 Å². The predicted octanol–water partition coefficient (Wildman–Crippen LogP) is 3.62. The van der Waals surface area contributed by atoms with Crippen LogP contribution in [0.5, 0.6) is 0 Å². The normalized spacial score (nSPS) is 10.7. The first-order valence-electron chi connectivity index (χ1n) is 4.36. The molecule has 0 bridgehead atoms. The van der Waals surface area contributed by atoms with Gasteiger partial charge in [0.15, 0.2) is 0 Å². The molecule has 0 saturated carbocycles. The van der Waals surface area contributed by atoms with E-state index in [1.807, 2.05) is 0 Å². The molecule has 0 saturated heterocycles. The molecule has 0 N–H and O–H groups in total. The molecular weight excluding hydrogens is 168 g/mol. The molecule has 0 aliphatic heterocycles. The molecular formula is C11H15Cl. The third-order valence-corrected chi connectivity index (χ3v) is 2.13. The standard InChI is InChI=1S/C11H15Cl/c1-9(2)7-10-3-5-11(8-12)6-4-10/h3-6,9H,7-8H2,1-2H3. The van der Waals surface area contributed by atoms with Crippen LogP contribution in [0.4, 0.5) is 0 Å². The first-order valence-corrected chi connectivity index (χ1v) is 4.89. The molecule has 0 atom stereocenters. The van der Waals surface area contributed by atoms with E-state index in [9.17, 15) is 0 Å². The Morgan fingerprint density at radius 2 is 1.58 bits per heavy atom. The molecule has 0 aliphatic rings. The minimum atomic E-state index is 0.613. The smallest absolute Gasteiger partial charge is 0.0474 e. The second-order valence-electron chi connectivity index (χ2n) is 3.55. The average Bonchev–Trinajstić information content (AvgIpc) is 2.05. The monoisotopic (exact) mass is 182 g/mol. The molecule has 12 heavy (non-hydrogen) atoms. The molecule has 0 nitrogen and oxygen atoms in total. The zero-order chi connectivity index (χ0) is 8.97. The first kappa shape index (κ1) is 9.60. The highest BCUT2D eigenvalue weighted by molar-refractivity contribution is 6.17. The van der Waals surface area contributed by atoms with Crippen molar-refractivity contribution in [1.82, 2.24) is 0 Å². The number of benzene rings is 1. The molecule has 0 spiro atoms. The van der Waals surface area contributed by atoms with Gasteiger partial charge in [-0.25, -0.2) is 0 Å². The maximum atomic E-state index is 5.68. The summed E-state index contributed by atoms with van der Waals surface area (Å²) in [7, 11) is 0. The summed E-state index contributed by atoms with van der Waals surface area (Å²) in [5, 5.41) is 0. The number of halogens is 1. The highest BCUT2D eigenvalue weighted by Crippen LogP contribution is 2.10. The van der Waals surface area contributed by atoms with E-state index < -0.39 is 0 Å². The maximum absolute atomic E-state index is 5.68. The van der Waals surface area contributed by atoms with Crippen molar-refractivity contribution in [1.29, 1.82) is 0 Å². The summed E-state index contributed by atoms with van der Waals surface area (Å²) < 4.78 is 0. The summed E-state index contributed by atoms with van der Waals surface area (Å²) in [6.45, 7) is 4.46. The summed E-state index contributed by atoms with van der Waals surface area (Å²) in [4.78, 5) is 0. The van der Waals surface area contributed by atoms with Crippen molar-refractivity contribution in [3.05, 3.63) is 35.4 Å². The van der Waals surface area contributed by atoms with E-state index >= 15 is 0 Å². The maximum Gasteiger partial charge on any atom is 0.0474 e. The summed E-state index contributed by atoms with van der Waals surface area (Å²) in [6, 6.07) is 8.53. The fraction of sp³-hybridized carbons (Fsp3) is 0.455. The van der Waals surface area contributed by atoms with Gasteiger partial charge in [-0.3, -0.25) is 0 Å². The zero-order valence-electron chi connectivity index (χ0n) is 7.68. The van der Waals surface area contributed by atoms with Gasteiger partial charge in [0.05, 0.1) is 0 Å². The molecule has 0 aliphatic carbocycles. The van der Waals surface area contributed by atoms with Gasteiger partial charge in [-0.1, -0.05) is 38.1 Å². The largest absolute Gasteiger partial charge is 0.122 e. The highest BCUT2D eigenvalue weighted by Gasteiger charge is 1.96. The Morgan fingerprint density at radius 3 is 2.00 bits per heavy atom. The van der Waals surface area contributed by atoms with E-state index in [0.29, 0.717) is 5.88 Å². The van der Waals surface area contributed by atoms with E-state index in [1.165, 1.54) is 11.1 Å². The average molecular weight is 183 g/mol. The molecule has 1 aromatic rings. The second kappa shape index (κ2) is 4.51. The summed E-state index contributed by atoms with van der Waals surface area (Å²) in [6.07, 6.45) is 1.16. The van der Waals surface area contributed by atoms with Gasteiger partial charge in [-0.2, -0.15) is 0 Å². The van der Waals surface area contributed by atoms with Gasteiger partial charge in [0.1, 0.15) is 0 Å². The Hall–Kier alpha value is -0.490. The van der Waals surface area contributed by atoms with Crippen molar-refractivity contribution < 1.29 is 0 Å². The van der Waals surface area contributed by atoms with Crippen LogP contribution in [0.3, 0.4) is 0 Å². The summed E-state index contributed by atoms with van der Waals surface area (Å²) in [5.74, 6) is 1.34. The van der Waals surface area contributed by atoms with Crippen molar-refractivity contribution >= 4 is 11.6 Å². The van der Waals surface area contributed by atoms with Crippen LogP contribution in [0, 0.1) is 5.92 Å². The van der Waals surface area contributed by atoms with Crippen molar-refractivity contribution in [3.8, 4) is 0 Å². The summed E-state index contributed by atoms with van der Waals surface area (Å²) >= 11 is 5.68. The van der Waals surface area contributed by atoms with Gasteiger partial charge in [0.25, 0.3) is 0 Å². The van der Waals surface area contributed by atoms with Gasteiger partial charge in [0, 0.05) is 5.88 Å². The minimum absolute atomic E-state index is 0.613. The molecule has 1 rings (SSSR count). The number of alkyl halides is 1. The van der Waals surface area contributed by atoms with Crippen molar-refractivity contribution in [3.63, 3.8) is 0 Å². The lowest BCUT2D eigenvalue weighted by molar-refractivity contribution is 0.647. The molecule has 1 heteroatoms. The minimum Gasteiger partial charge on any atom is -0.122 e.